The first-order valence-corrected chi connectivity index (χ1v) is 5.68. The molecule has 0 bridgehead atoms. The largest absolute Gasteiger partial charge is 0.365 e. The van der Waals surface area contributed by atoms with Gasteiger partial charge in [0.2, 0.25) is 0 Å². The van der Waals surface area contributed by atoms with Crippen LogP contribution in [0.2, 0.25) is 0 Å². The molecule has 0 fully saturated rings. The Balaban J connectivity index is 5.14. The summed E-state index contributed by atoms with van der Waals surface area (Å²) in [5, 5.41) is 3.61. The summed E-state index contributed by atoms with van der Waals surface area (Å²) in [6.07, 6.45) is 8.41. The summed E-state index contributed by atoms with van der Waals surface area (Å²) < 4.78 is 0. The lowest BCUT2D eigenvalue weighted by Crippen LogP contribution is -2.35. The van der Waals surface area contributed by atoms with Gasteiger partial charge in [0.05, 0.1) is 0 Å². The SMILES string of the molecule is C=C/C=C\C(=C/C)N(C(=C)CC)C(=S)NC. The van der Waals surface area contributed by atoms with Crippen LogP contribution in [0, 0.1) is 0 Å². The summed E-state index contributed by atoms with van der Waals surface area (Å²) >= 11 is 5.27. The van der Waals surface area contributed by atoms with Gasteiger partial charge in [-0.25, -0.2) is 0 Å². The molecule has 0 aliphatic carbocycles. The number of nitrogens with one attached hydrogen (secondary N) is 1. The van der Waals surface area contributed by atoms with Gasteiger partial charge in [-0.15, -0.1) is 0 Å². The molecule has 0 heterocycles. The summed E-state index contributed by atoms with van der Waals surface area (Å²) in [5.74, 6) is 0. The van der Waals surface area contributed by atoms with Crippen molar-refractivity contribution < 1.29 is 0 Å². The molecule has 0 aliphatic rings. The molecule has 0 aliphatic heterocycles. The van der Waals surface area contributed by atoms with Crippen LogP contribution in [0.4, 0.5) is 0 Å². The molecule has 0 radical (unpaired) electrons. The lowest BCUT2D eigenvalue weighted by atomic mass is 10.2. The Kier molecular flexibility index (Phi) is 7.21. The predicted octanol–water partition coefficient (Wildman–Crippen LogP) is 3.36. The number of nitrogens with zero attached hydrogens (tertiary/aromatic N) is 1. The molecular weight excluding hydrogens is 216 g/mol. The average molecular weight is 236 g/mol. The minimum Gasteiger partial charge on any atom is -0.365 e. The molecule has 88 valence electrons. The van der Waals surface area contributed by atoms with Gasteiger partial charge < -0.3 is 5.32 Å². The zero-order chi connectivity index (χ0) is 12.6. The Morgan fingerprint density at radius 3 is 2.50 bits per heavy atom. The first-order valence-electron chi connectivity index (χ1n) is 5.27. The van der Waals surface area contributed by atoms with Gasteiger partial charge in [0, 0.05) is 18.4 Å². The number of hydrogen-bond acceptors (Lipinski definition) is 1. The highest BCUT2D eigenvalue weighted by Crippen LogP contribution is 2.16. The number of hydrogen-bond donors (Lipinski definition) is 1. The first kappa shape index (κ1) is 14.6. The van der Waals surface area contributed by atoms with Crippen LogP contribution in [0.25, 0.3) is 0 Å². The predicted molar refractivity (Wildman–Crippen MR) is 76.0 cm³/mol. The van der Waals surface area contributed by atoms with Crippen LogP contribution in [0.5, 0.6) is 0 Å². The fraction of sp³-hybridized carbons (Fsp3) is 0.308. The third kappa shape index (κ3) is 4.03. The summed E-state index contributed by atoms with van der Waals surface area (Å²) in [7, 11) is 1.81. The van der Waals surface area contributed by atoms with Crippen molar-refractivity contribution in [3.63, 3.8) is 0 Å². The molecule has 16 heavy (non-hydrogen) atoms. The zero-order valence-electron chi connectivity index (χ0n) is 10.3. The summed E-state index contributed by atoms with van der Waals surface area (Å²) in [5.41, 5.74) is 1.95. The van der Waals surface area contributed by atoms with Crippen LogP contribution in [0.1, 0.15) is 20.3 Å². The second kappa shape index (κ2) is 7.88. The minimum atomic E-state index is 0.647. The standard InChI is InChI=1S/C13H20N2S/c1-6-9-10-12(8-3)15(11(4)7-2)13(16)14-5/h6,8-10H,1,4,7H2,2-3,5H3,(H,14,16)/b10-9-,12-8+. The normalized spacial score (nSPS) is 11.3. The van der Waals surface area contributed by atoms with Crippen molar-refractivity contribution in [3.8, 4) is 0 Å². The third-order valence-electron chi connectivity index (χ3n) is 2.10. The van der Waals surface area contributed by atoms with Gasteiger partial charge >= 0.3 is 0 Å². The van der Waals surface area contributed by atoms with Crippen LogP contribution < -0.4 is 5.32 Å². The molecule has 2 nitrogen and oxygen atoms in total. The second-order valence-corrected chi connectivity index (χ2v) is 3.51. The maximum absolute atomic E-state index is 5.27. The molecule has 0 aromatic heterocycles. The second-order valence-electron chi connectivity index (χ2n) is 3.12. The highest BCUT2D eigenvalue weighted by atomic mass is 32.1. The summed E-state index contributed by atoms with van der Waals surface area (Å²) in [4.78, 5) is 1.93. The molecule has 0 unspecified atom stereocenters. The van der Waals surface area contributed by atoms with Crippen molar-refractivity contribution in [2.45, 2.75) is 20.3 Å². The third-order valence-corrected chi connectivity index (χ3v) is 2.49. The fourth-order valence-corrected chi connectivity index (χ4v) is 1.41. The molecule has 0 rings (SSSR count). The average Bonchev–Trinajstić information content (AvgIpc) is 2.32. The summed E-state index contributed by atoms with van der Waals surface area (Å²) in [6, 6.07) is 0. The van der Waals surface area contributed by atoms with E-state index in [0.717, 1.165) is 17.8 Å². The molecule has 0 atom stereocenters. The Morgan fingerprint density at radius 1 is 1.50 bits per heavy atom. The van der Waals surface area contributed by atoms with Crippen LogP contribution >= 0.6 is 12.2 Å². The van der Waals surface area contributed by atoms with E-state index in [9.17, 15) is 0 Å². The van der Waals surface area contributed by atoms with Crippen molar-refractivity contribution in [3.05, 3.63) is 48.9 Å². The molecule has 0 amide bonds. The Bertz CT molecular complexity index is 311. The van der Waals surface area contributed by atoms with Gasteiger partial charge in [0.15, 0.2) is 5.11 Å². The molecule has 3 heteroatoms. The lowest BCUT2D eigenvalue weighted by Gasteiger charge is -2.27. The number of thiocarbonyl (C=S) groups is 1. The smallest absolute Gasteiger partial charge is 0.177 e. The molecule has 1 N–H and O–H groups in total. The van der Waals surface area contributed by atoms with Crippen molar-refractivity contribution in [1.29, 1.82) is 0 Å². The van der Waals surface area contributed by atoms with Gasteiger partial charge in [-0.2, -0.15) is 0 Å². The van der Waals surface area contributed by atoms with E-state index in [2.05, 4.69) is 25.4 Å². The van der Waals surface area contributed by atoms with E-state index in [1.807, 2.05) is 37.1 Å². The van der Waals surface area contributed by atoms with Gasteiger partial charge in [0.1, 0.15) is 0 Å². The molecule has 0 saturated carbocycles. The van der Waals surface area contributed by atoms with Gasteiger partial charge in [0.25, 0.3) is 0 Å². The molecule has 0 spiro atoms. The van der Waals surface area contributed by atoms with E-state index in [1.165, 1.54) is 0 Å². The fourth-order valence-electron chi connectivity index (χ4n) is 1.18. The first-order chi connectivity index (χ1) is 7.62. The van der Waals surface area contributed by atoms with E-state index in [4.69, 9.17) is 12.2 Å². The molecule has 0 aromatic rings. The summed E-state index contributed by atoms with van der Waals surface area (Å²) in [6.45, 7) is 11.7. The van der Waals surface area contributed by atoms with Crippen molar-refractivity contribution in [1.82, 2.24) is 10.2 Å². The quantitative estimate of drug-likeness (QED) is 0.582. The Hall–Kier alpha value is -1.35. The monoisotopic (exact) mass is 236 g/mol. The zero-order valence-corrected chi connectivity index (χ0v) is 11.1. The van der Waals surface area contributed by atoms with Crippen LogP contribution in [0.15, 0.2) is 48.9 Å². The van der Waals surface area contributed by atoms with E-state index in [-0.39, 0.29) is 0 Å². The van der Waals surface area contributed by atoms with Crippen LogP contribution in [0.3, 0.4) is 0 Å². The molecular formula is C13H20N2S. The maximum atomic E-state index is 5.27. The van der Waals surface area contributed by atoms with E-state index in [0.29, 0.717) is 5.11 Å². The number of allylic oxidation sites excluding steroid dienone is 5. The van der Waals surface area contributed by atoms with E-state index in [1.54, 1.807) is 6.08 Å². The Labute approximate surface area is 104 Å². The van der Waals surface area contributed by atoms with Crippen molar-refractivity contribution in [2.24, 2.45) is 0 Å². The lowest BCUT2D eigenvalue weighted by molar-refractivity contribution is 0.614. The van der Waals surface area contributed by atoms with Crippen molar-refractivity contribution >= 4 is 17.3 Å². The Morgan fingerprint density at radius 2 is 2.12 bits per heavy atom. The minimum absolute atomic E-state index is 0.647. The van der Waals surface area contributed by atoms with E-state index < -0.39 is 0 Å². The van der Waals surface area contributed by atoms with E-state index >= 15 is 0 Å². The van der Waals surface area contributed by atoms with Crippen LogP contribution in [-0.4, -0.2) is 17.1 Å². The highest BCUT2D eigenvalue weighted by molar-refractivity contribution is 7.80. The molecule has 0 saturated heterocycles. The topological polar surface area (TPSA) is 15.3 Å². The highest BCUT2D eigenvalue weighted by Gasteiger charge is 2.13. The maximum Gasteiger partial charge on any atom is 0.177 e. The van der Waals surface area contributed by atoms with Gasteiger partial charge in [-0.05, 0) is 31.6 Å². The van der Waals surface area contributed by atoms with Gasteiger partial charge in [-0.1, -0.05) is 38.3 Å². The number of rotatable bonds is 5. The van der Waals surface area contributed by atoms with Gasteiger partial charge in [-0.3, -0.25) is 4.90 Å². The van der Waals surface area contributed by atoms with Crippen LogP contribution in [-0.2, 0) is 0 Å². The molecule has 0 aromatic carbocycles. The van der Waals surface area contributed by atoms with Crippen molar-refractivity contribution in [2.75, 3.05) is 7.05 Å².